The minimum absolute atomic E-state index is 0.105. The number of anilines is 1. The van der Waals surface area contributed by atoms with Crippen LogP contribution in [0.15, 0.2) is 36.9 Å². The molecule has 1 fully saturated rings. The van der Waals surface area contributed by atoms with Gasteiger partial charge in [-0.15, -0.1) is 0 Å². The molecule has 0 spiro atoms. The number of carbonyl (C=O) groups is 2. The van der Waals surface area contributed by atoms with Gasteiger partial charge in [-0.2, -0.15) is 0 Å². The summed E-state index contributed by atoms with van der Waals surface area (Å²) in [6.45, 7) is 1.13. The maximum absolute atomic E-state index is 13.9. The Kier molecular flexibility index (Phi) is 4.97. The monoisotopic (exact) mass is 346 g/mol. The van der Waals surface area contributed by atoms with Crippen molar-refractivity contribution in [2.24, 2.45) is 0 Å². The average molecular weight is 346 g/mol. The van der Waals surface area contributed by atoms with E-state index in [1.54, 1.807) is 17.4 Å². The first-order chi connectivity index (χ1) is 12.1. The van der Waals surface area contributed by atoms with Crippen LogP contribution in [-0.2, 0) is 4.74 Å². The van der Waals surface area contributed by atoms with Gasteiger partial charge in [-0.05, 0) is 25.0 Å². The molecule has 3 rings (SSSR count). The third-order valence-corrected chi connectivity index (χ3v) is 4.34. The normalized spacial score (nSPS) is 15.0. The number of rotatable bonds is 3. The second kappa shape index (κ2) is 7.33. The number of ether oxygens (including phenoxy) is 1. The number of benzene rings is 1. The fourth-order valence-corrected chi connectivity index (χ4v) is 2.98. The van der Waals surface area contributed by atoms with Crippen molar-refractivity contribution in [3.63, 3.8) is 0 Å². The van der Waals surface area contributed by atoms with Crippen LogP contribution in [0.3, 0.4) is 0 Å². The third kappa shape index (κ3) is 3.62. The number of esters is 1. The molecule has 2 aromatic rings. The summed E-state index contributed by atoms with van der Waals surface area (Å²) >= 11 is 0. The van der Waals surface area contributed by atoms with E-state index < -0.39 is 11.8 Å². The van der Waals surface area contributed by atoms with Crippen LogP contribution in [-0.4, -0.2) is 46.7 Å². The van der Waals surface area contributed by atoms with Gasteiger partial charge in [0.2, 0.25) is 0 Å². The Hall–Kier alpha value is -2.90. The maximum Gasteiger partial charge on any atom is 0.342 e. The van der Waals surface area contributed by atoms with Crippen molar-refractivity contribution >= 4 is 17.7 Å². The number of aromatic nitrogens is 2. The Morgan fingerprint density at radius 1 is 1.32 bits per heavy atom. The molecule has 0 aliphatic carbocycles. The van der Waals surface area contributed by atoms with Gasteiger partial charge in [0.25, 0.3) is 0 Å². The summed E-state index contributed by atoms with van der Waals surface area (Å²) < 4.78 is 20.5. The number of likely N-dealkylation sites (tertiary alicyclic amines) is 1. The van der Waals surface area contributed by atoms with Crippen LogP contribution >= 0.6 is 0 Å². The maximum atomic E-state index is 13.9. The molecule has 0 unspecified atom stereocenters. The molecule has 1 aromatic heterocycles. The number of nitrogens with zero attached hydrogens (tertiary/aromatic N) is 3. The fourth-order valence-electron chi connectivity index (χ4n) is 2.98. The molecular weight excluding hydrogens is 327 g/mol. The molecule has 1 aliphatic heterocycles. The van der Waals surface area contributed by atoms with Gasteiger partial charge >= 0.3 is 12.0 Å². The van der Waals surface area contributed by atoms with Gasteiger partial charge in [-0.25, -0.2) is 19.0 Å². The molecule has 2 heterocycles. The zero-order valence-corrected chi connectivity index (χ0v) is 13.8. The highest BCUT2D eigenvalue weighted by atomic mass is 19.1. The Morgan fingerprint density at radius 3 is 2.72 bits per heavy atom. The second-order valence-corrected chi connectivity index (χ2v) is 5.81. The number of methoxy groups -OCH3 is 1. The topological polar surface area (TPSA) is 76.5 Å². The Balaban J connectivity index is 1.66. The largest absolute Gasteiger partial charge is 0.465 e. The van der Waals surface area contributed by atoms with E-state index in [4.69, 9.17) is 0 Å². The zero-order valence-electron chi connectivity index (χ0n) is 13.8. The van der Waals surface area contributed by atoms with Gasteiger partial charge < -0.3 is 19.5 Å². The highest BCUT2D eigenvalue weighted by Gasteiger charge is 2.25. The van der Waals surface area contributed by atoms with E-state index >= 15 is 0 Å². The van der Waals surface area contributed by atoms with E-state index in [0.717, 1.165) is 18.9 Å². The van der Waals surface area contributed by atoms with E-state index in [1.807, 2.05) is 10.8 Å². The lowest BCUT2D eigenvalue weighted by atomic mass is 10.1. The van der Waals surface area contributed by atoms with Crippen molar-refractivity contribution in [1.29, 1.82) is 0 Å². The molecule has 0 bridgehead atoms. The highest BCUT2D eigenvalue weighted by molar-refractivity contribution is 6.01. The quantitative estimate of drug-likeness (QED) is 0.867. The number of amides is 2. The lowest BCUT2D eigenvalue weighted by Gasteiger charge is -2.32. The summed E-state index contributed by atoms with van der Waals surface area (Å²) in [4.78, 5) is 29.9. The molecule has 132 valence electrons. The third-order valence-electron chi connectivity index (χ3n) is 4.34. The molecule has 1 saturated heterocycles. The van der Waals surface area contributed by atoms with Gasteiger partial charge in [-0.3, -0.25) is 0 Å². The molecule has 0 atom stereocenters. The Morgan fingerprint density at radius 2 is 2.08 bits per heavy atom. The number of nitrogens with one attached hydrogen (secondary N) is 1. The number of hydrogen-bond donors (Lipinski definition) is 1. The number of hydrogen-bond acceptors (Lipinski definition) is 4. The predicted octanol–water partition coefficient (Wildman–Crippen LogP) is 2.68. The minimum Gasteiger partial charge on any atom is -0.465 e. The molecule has 1 N–H and O–H groups in total. The van der Waals surface area contributed by atoms with Crippen LogP contribution in [0.2, 0.25) is 0 Å². The average Bonchev–Trinajstić information content (AvgIpc) is 3.16. The smallest absolute Gasteiger partial charge is 0.342 e. The summed E-state index contributed by atoms with van der Waals surface area (Å²) in [5.74, 6) is -1.56. The number of imidazole rings is 1. The molecule has 8 heteroatoms. The molecule has 25 heavy (non-hydrogen) atoms. The summed E-state index contributed by atoms with van der Waals surface area (Å²) in [5, 5.41) is 2.61. The van der Waals surface area contributed by atoms with Crippen molar-refractivity contribution in [3.8, 4) is 0 Å². The predicted molar refractivity (Wildman–Crippen MR) is 88.8 cm³/mol. The van der Waals surface area contributed by atoms with Crippen molar-refractivity contribution < 1.29 is 18.7 Å². The Bertz CT molecular complexity index is 755. The molecule has 0 radical (unpaired) electrons. The van der Waals surface area contributed by atoms with Crippen LogP contribution in [0.1, 0.15) is 29.2 Å². The second-order valence-electron chi connectivity index (χ2n) is 5.81. The van der Waals surface area contributed by atoms with Crippen LogP contribution in [0, 0.1) is 5.82 Å². The summed E-state index contributed by atoms with van der Waals surface area (Å²) in [6.07, 6.45) is 7.02. The van der Waals surface area contributed by atoms with Crippen molar-refractivity contribution in [3.05, 3.63) is 48.3 Å². The molecule has 0 saturated carbocycles. The van der Waals surface area contributed by atoms with E-state index in [1.165, 1.54) is 19.2 Å². The first-order valence-electron chi connectivity index (χ1n) is 8.00. The number of urea groups is 1. The van der Waals surface area contributed by atoms with E-state index in [2.05, 4.69) is 15.0 Å². The van der Waals surface area contributed by atoms with Gasteiger partial charge in [0.05, 0.1) is 19.1 Å². The van der Waals surface area contributed by atoms with Crippen molar-refractivity contribution in [1.82, 2.24) is 14.5 Å². The van der Waals surface area contributed by atoms with Crippen molar-refractivity contribution in [2.75, 3.05) is 25.5 Å². The van der Waals surface area contributed by atoms with Gasteiger partial charge in [0, 0.05) is 31.5 Å². The minimum atomic E-state index is -0.827. The molecule has 2 amide bonds. The van der Waals surface area contributed by atoms with E-state index in [-0.39, 0.29) is 17.3 Å². The van der Waals surface area contributed by atoms with Crippen LogP contribution in [0.25, 0.3) is 0 Å². The van der Waals surface area contributed by atoms with Gasteiger partial charge in [-0.1, -0.05) is 6.07 Å². The van der Waals surface area contributed by atoms with Crippen LogP contribution in [0.5, 0.6) is 0 Å². The SMILES string of the molecule is COC(=O)c1c(F)cccc1NC(=O)N1CCC(n2ccnc2)CC1. The highest BCUT2D eigenvalue weighted by Crippen LogP contribution is 2.24. The Labute approximate surface area is 144 Å². The number of halogens is 1. The summed E-state index contributed by atoms with van der Waals surface area (Å²) in [5.41, 5.74) is -0.166. The van der Waals surface area contributed by atoms with Crippen LogP contribution < -0.4 is 5.32 Å². The lowest BCUT2D eigenvalue weighted by Crippen LogP contribution is -2.41. The molecule has 1 aromatic carbocycles. The van der Waals surface area contributed by atoms with Gasteiger partial charge in [0.1, 0.15) is 11.4 Å². The van der Waals surface area contributed by atoms with Crippen LogP contribution in [0.4, 0.5) is 14.9 Å². The first kappa shape index (κ1) is 16.9. The number of carbonyl (C=O) groups excluding carboxylic acids is 2. The first-order valence-corrected chi connectivity index (χ1v) is 8.00. The standard InChI is InChI=1S/C17H19FN4O3/c1-25-16(23)15-13(18)3-2-4-14(15)20-17(24)21-8-5-12(6-9-21)22-10-7-19-11-22/h2-4,7,10-12H,5-6,8-9H2,1H3,(H,20,24). The molecule has 7 nitrogen and oxygen atoms in total. The summed E-state index contributed by atoms with van der Waals surface area (Å²) in [7, 11) is 1.17. The lowest BCUT2D eigenvalue weighted by molar-refractivity contribution is 0.0597. The van der Waals surface area contributed by atoms with Gasteiger partial charge in [0.15, 0.2) is 0 Å². The van der Waals surface area contributed by atoms with E-state index in [9.17, 15) is 14.0 Å². The molecule has 1 aliphatic rings. The molecular formula is C17H19FN4O3. The zero-order chi connectivity index (χ0) is 17.8. The van der Waals surface area contributed by atoms with Crippen molar-refractivity contribution in [2.45, 2.75) is 18.9 Å². The van der Waals surface area contributed by atoms with E-state index in [0.29, 0.717) is 19.1 Å². The fraction of sp³-hybridized carbons (Fsp3) is 0.353. The number of piperidine rings is 1. The summed E-state index contributed by atoms with van der Waals surface area (Å²) in [6, 6.07) is 4.01.